The molecule has 0 heterocycles. The van der Waals surface area contributed by atoms with Gasteiger partial charge in [-0.3, -0.25) is 0 Å². The molecule has 0 saturated heterocycles. The van der Waals surface area contributed by atoms with E-state index in [1.165, 1.54) is 18.2 Å². The van der Waals surface area contributed by atoms with Gasteiger partial charge in [0.2, 0.25) is 9.84 Å². The largest absolute Gasteiger partial charge is 0.507 e. The van der Waals surface area contributed by atoms with Crippen molar-refractivity contribution >= 4 is 9.84 Å². The molecule has 4 nitrogen and oxygen atoms in total. The zero-order valence-electron chi connectivity index (χ0n) is 10.4. The Hall–Kier alpha value is -2.01. The summed E-state index contributed by atoms with van der Waals surface area (Å²) >= 11 is 0. The highest BCUT2D eigenvalue weighted by atomic mass is 32.2. The Labute approximate surface area is 112 Å². The monoisotopic (exact) mass is 278 g/mol. The van der Waals surface area contributed by atoms with Crippen LogP contribution in [0.3, 0.4) is 0 Å². The maximum absolute atomic E-state index is 12.5. The van der Waals surface area contributed by atoms with Crippen LogP contribution in [0.15, 0.2) is 58.3 Å². The number of rotatable bonds is 4. The van der Waals surface area contributed by atoms with Gasteiger partial charge in [0.15, 0.2) is 0 Å². The van der Waals surface area contributed by atoms with Crippen molar-refractivity contribution in [3.63, 3.8) is 0 Å². The van der Waals surface area contributed by atoms with E-state index in [2.05, 4.69) is 0 Å². The van der Waals surface area contributed by atoms with Crippen LogP contribution in [0.5, 0.6) is 11.5 Å². The molecule has 100 valence electrons. The summed E-state index contributed by atoms with van der Waals surface area (Å²) in [6.07, 6.45) is 0. The average Bonchev–Trinajstić information content (AvgIpc) is 2.40. The smallest absolute Gasteiger partial charge is 0.213 e. The predicted octanol–water partition coefficient (Wildman–Crippen LogP) is 2.62. The van der Waals surface area contributed by atoms with E-state index in [-0.39, 0.29) is 21.3 Å². The van der Waals surface area contributed by atoms with Gasteiger partial charge in [0.05, 0.1) is 6.61 Å². The Morgan fingerprint density at radius 3 is 2.21 bits per heavy atom. The van der Waals surface area contributed by atoms with E-state index in [0.717, 1.165) is 0 Å². The number of hydrogen-bond acceptors (Lipinski definition) is 4. The van der Waals surface area contributed by atoms with Crippen LogP contribution in [0, 0.1) is 0 Å². The minimum absolute atomic E-state index is 0.0540. The summed E-state index contributed by atoms with van der Waals surface area (Å²) in [5.74, 6) is 0.0158. The second-order valence-corrected chi connectivity index (χ2v) is 5.74. The van der Waals surface area contributed by atoms with Gasteiger partial charge < -0.3 is 9.84 Å². The van der Waals surface area contributed by atoms with Gasteiger partial charge in [-0.2, -0.15) is 0 Å². The maximum Gasteiger partial charge on any atom is 0.213 e. The molecule has 0 atom stereocenters. The molecule has 19 heavy (non-hydrogen) atoms. The fourth-order valence-corrected chi connectivity index (χ4v) is 3.24. The first-order valence-electron chi connectivity index (χ1n) is 5.82. The van der Waals surface area contributed by atoms with Gasteiger partial charge in [0, 0.05) is 0 Å². The summed E-state index contributed by atoms with van der Waals surface area (Å²) < 4.78 is 30.3. The molecular formula is C14H14O4S. The Morgan fingerprint density at radius 1 is 1.00 bits per heavy atom. The van der Waals surface area contributed by atoms with Crippen molar-refractivity contribution in [3.8, 4) is 11.5 Å². The third-order valence-corrected chi connectivity index (χ3v) is 4.43. The highest BCUT2D eigenvalue weighted by Gasteiger charge is 2.24. The molecular weight excluding hydrogens is 264 g/mol. The highest BCUT2D eigenvalue weighted by Crippen LogP contribution is 2.33. The molecule has 0 spiro atoms. The van der Waals surface area contributed by atoms with E-state index in [9.17, 15) is 13.5 Å². The van der Waals surface area contributed by atoms with Gasteiger partial charge >= 0.3 is 0 Å². The Bertz CT molecular complexity index is 677. The molecule has 2 aromatic carbocycles. The lowest BCUT2D eigenvalue weighted by Crippen LogP contribution is -2.05. The zero-order chi connectivity index (χ0) is 13.9. The minimum atomic E-state index is -3.80. The molecule has 0 amide bonds. The summed E-state index contributed by atoms with van der Waals surface area (Å²) in [6, 6.07) is 12.2. The maximum atomic E-state index is 12.5. The fourth-order valence-electron chi connectivity index (χ4n) is 1.75. The van der Waals surface area contributed by atoms with Crippen LogP contribution >= 0.6 is 0 Å². The summed E-state index contributed by atoms with van der Waals surface area (Å²) in [7, 11) is -3.80. The molecule has 0 bridgehead atoms. The molecule has 2 rings (SSSR count). The minimum Gasteiger partial charge on any atom is -0.507 e. The summed E-state index contributed by atoms with van der Waals surface area (Å²) in [5.41, 5.74) is 0. The first kappa shape index (κ1) is 13.4. The number of hydrogen-bond donors (Lipinski definition) is 1. The van der Waals surface area contributed by atoms with Gasteiger partial charge in [0.1, 0.15) is 21.3 Å². The van der Waals surface area contributed by atoms with E-state index in [1.807, 2.05) is 0 Å². The number of phenolic OH excluding ortho intramolecular Hbond substituents is 1. The van der Waals surface area contributed by atoms with Crippen LogP contribution in [-0.4, -0.2) is 20.1 Å². The van der Waals surface area contributed by atoms with Crippen molar-refractivity contribution in [2.24, 2.45) is 0 Å². The first-order valence-corrected chi connectivity index (χ1v) is 7.30. The van der Waals surface area contributed by atoms with Crippen molar-refractivity contribution in [1.29, 1.82) is 0 Å². The second-order valence-electron chi connectivity index (χ2n) is 3.85. The zero-order valence-corrected chi connectivity index (χ0v) is 11.2. The van der Waals surface area contributed by atoms with Crippen molar-refractivity contribution in [3.05, 3.63) is 48.5 Å². The fraction of sp³-hybridized carbons (Fsp3) is 0.143. The molecule has 0 saturated carbocycles. The highest BCUT2D eigenvalue weighted by molar-refractivity contribution is 7.91. The number of aromatic hydroxyl groups is 1. The molecule has 0 radical (unpaired) electrons. The van der Waals surface area contributed by atoms with E-state index in [1.54, 1.807) is 37.3 Å². The van der Waals surface area contributed by atoms with Crippen molar-refractivity contribution in [2.75, 3.05) is 6.61 Å². The third-order valence-electron chi connectivity index (χ3n) is 2.59. The van der Waals surface area contributed by atoms with Crippen LogP contribution in [0.1, 0.15) is 6.92 Å². The third kappa shape index (κ3) is 2.56. The number of para-hydroxylation sites is 2. The van der Waals surface area contributed by atoms with Crippen LogP contribution in [0.4, 0.5) is 0 Å². The van der Waals surface area contributed by atoms with E-state index in [4.69, 9.17) is 4.74 Å². The summed E-state index contributed by atoms with van der Waals surface area (Å²) in [4.78, 5) is -0.0690. The van der Waals surface area contributed by atoms with Crippen LogP contribution in [0.2, 0.25) is 0 Å². The van der Waals surface area contributed by atoms with Gasteiger partial charge in [-0.05, 0) is 31.2 Å². The lowest BCUT2D eigenvalue weighted by molar-refractivity contribution is 0.331. The van der Waals surface area contributed by atoms with Crippen LogP contribution < -0.4 is 4.74 Å². The van der Waals surface area contributed by atoms with Gasteiger partial charge in [-0.15, -0.1) is 0 Å². The normalized spacial score (nSPS) is 11.2. The predicted molar refractivity (Wildman–Crippen MR) is 71.2 cm³/mol. The lowest BCUT2D eigenvalue weighted by atomic mass is 10.3. The lowest BCUT2D eigenvalue weighted by Gasteiger charge is -2.11. The topological polar surface area (TPSA) is 63.6 Å². The van der Waals surface area contributed by atoms with E-state index >= 15 is 0 Å². The number of phenols is 1. The molecule has 0 aliphatic rings. The van der Waals surface area contributed by atoms with Gasteiger partial charge in [0.25, 0.3) is 0 Å². The van der Waals surface area contributed by atoms with E-state index < -0.39 is 9.84 Å². The Morgan fingerprint density at radius 2 is 1.58 bits per heavy atom. The first-order chi connectivity index (χ1) is 9.07. The molecule has 0 aliphatic carbocycles. The SMILES string of the molecule is CCOc1ccccc1S(=O)(=O)c1ccccc1O. The molecule has 5 heteroatoms. The molecule has 1 N–H and O–H groups in total. The van der Waals surface area contributed by atoms with Crippen molar-refractivity contribution < 1.29 is 18.3 Å². The van der Waals surface area contributed by atoms with Crippen LogP contribution in [0.25, 0.3) is 0 Å². The molecule has 0 unspecified atom stereocenters. The standard InChI is InChI=1S/C14H14O4S/c1-2-18-12-8-4-6-10-14(12)19(16,17)13-9-5-3-7-11(13)15/h3-10,15H,2H2,1H3. The number of benzene rings is 2. The molecule has 0 aromatic heterocycles. The summed E-state index contributed by atoms with van der Waals surface area (Å²) in [6.45, 7) is 2.15. The average molecular weight is 278 g/mol. The number of sulfone groups is 1. The van der Waals surface area contributed by atoms with Crippen LogP contribution in [-0.2, 0) is 9.84 Å². The molecule has 0 fully saturated rings. The Kier molecular flexibility index (Phi) is 3.76. The van der Waals surface area contributed by atoms with Gasteiger partial charge in [-0.1, -0.05) is 24.3 Å². The Balaban J connectivity index is 2.61. The molecule has 2 aromatic rings. The second kappa shape index (κ2) is 5.32. The number of ether oxygens (including phenoxy) is 1. The molecule has 0 aliphatic heterocycles. The van der Waals surface area contributed by atoms with Crippen molar-refractivity contribution in [2.45, 2.75) is 16.7 Å². The quantitative estimate of drug-likeness (QED) is 0.933. The summed E-state index contributed by atoms with van der Waals surface area (Å²) in [5, 5.41) is 9.71. The van der Waals surface area contributed by atoms with Crippen molar-refractivity contribution in [1.82, 2.24) is 0 Å². The van der Waals surface area contributed by atoms with E-state index in [0.29, 0.717) is 6.61 Å². The van der Waals surface area contributed by atoms with Gasteiger partial charge in [-0.25, -0.2) is 8.42 Å².